The van der Waals surface area contributed by atoms with Crippen LogP contribution >= 0.6 is 23.2 Å². The number of carbonyl (C=O) groups excluding carboxylic acids is 2. The Morgan fingerprint density at radius 3 is 2.61 bits per heavy atom. The van der Waals surface area contributed by atoms with E-state index >= 15 is 0 Å². The van der Waals surface area contributed by atoms with Crippen LogP contribution in [-0.2, 0) is 22.6 Å². The molecule has 0 saturated heterocycles. The van der Waals surface area contributed by atoms with E-state index in [9.17, 15) is 9.59 Å². The molecule has 2 aromatic rings. The van der Waals surface area contributed by atoms with Crippen molar-refractivity contribution in [3.8, 4) is 6.07 Å². The van der Waals surface area contributed by atoms with Gasteiger partial charge in [0.1, 0.15) is 19.2 Å². The van der Waals surface area contributed by atoms with Crippen LogP contribution in [0.2, 0.25) is 10.0 Å². The number of halogens is 2. The zero-order chi connectivity index (χ0) is 20.4. The van der Waals surface area contributed by atoms with Crippen molar-refractivity contribution in [1.29, 1.82) is 5.26 Å². The van der Waals surface area contributed by atoms with Crippen molar-refractivity contribution in [2.75, 3.05) is 6.54 Å². The number of aryl methyl sites for hydroxylation is 1. The van der Waals surface area contributed by atoms with Crippen molar-refractivity contribution in [3.05, 3.63) is 69.7 Å². The summed E-state index contributed by atoms with van der Waals surface area (Å²) in [5.41, 5.74) is 1.58. The molecule has 2 amide bonds. The largest absolute Gasteiger partial charge is 0.445 e. The molecule has 0 aliphatic rings. The summed E-state index contributed by atoms with van der Waals surface area (Å²) in [5.74, 6) is -0.476. The molecule has 0 heterocycles. The van der Waals surface area contributed by atoms with Gasteiger partial charge in [-0.15, -0.1) is 0 Å². The molecule has 2 N–H and O–H groups in total. The molecule has 0 spiro atoms. The highest BCUT2D eigenvalue weighted by Gasteiger charge is 2.21. The fourth-order valence-corrected chi connectivity index (χ4v) is 2.87. The van der Waals surface area contributed by atoms with E-state index in [0.29, 0.717) is 16.5 Å². The molecule has 6 nitrogen and oxygen atoms in total. The maximum Gasteiger partial charge on any atom is 0.408 e. The Balaban J connectivity index is 1.97. The van der Waals surface area contributed by atoms with Crippen LogP contribution in [0.25, 0.3) is 0 Å². The van der Waals surface area contributed by atoms with E-state index in [2.05, 4.69) is 10.6 Å². The molecule has 146 valence electrons. The van der Waals surface area contributed by atoms with Gasteiger partial charge in [-0.3, -0.25) is 4.79 Å². The quantitative estimate of drug-likeness (QED) is 0.635. The number of nitriles is 1. The van der Waals surface area contributed by atoms with Crippen molar-refractivity contribution < 1.29 is 14.3 Å². The molecule has 0 aromatic heterocycles. The van der Waals surface area contributed by atoms with Gasteiger partial charge in [0.25, 0.3) is 0 Å². The maximum atomic E-state index is 12.3. The lowest BCUT2D eigenvalue weighted by Crippen LogP contribution is -2.47. The van der Waals surface area contributed by atoms with Gasteiger partial charge in [-0.1, -0.05) is 53.5 Å². The van der Waals surface area contributed by atoms with Gasteiger partial charge in [0.2, 0.25) is 5.91 Å². The Kier molecular flexibility index (Phi) is 8.60. The lowest BCUT2D eigenvalue weighted by Gasteiger charge is -2.18. The lowest BCUT2D eigenvalue weighted by molar-refractivity contribution is -0.123. The van der Waals surface area contributed by atoms with Gasteiger partial charge < -0.3 is 15.4 Å². The molecule has 0 radical (unpaired) electrons. The number of hydrogen-bond donors (Lipinski definition) is 2. The van der Waals surface area contributed by atoms with Crippen molar-refractivity contribution in [2.24, 2.45) is 0 Å². The van der Waals surface area contributed by atoms with Crippen molar-refractivity contribution in [1.82, 2.24) is 10.6 Å². The van der Waals surface area contributed by atoms with Gasteiger partial charge in [-0.05, 0) is 42.2 Å². The fourth-order valence-electron chi connectivity index (χ4n) is 2.46. The highest BCUT2D eigenvalue weighted by atomic mass is 35.5. The second kappa shape index (κ2) is 11.2. The van der Waals surface area contributed by atoms with Crippen LogP contribution in [0.4, 0.5) is 4.79 Å². The molecule has 8 heteroatoms. The summed E-state index contributed by atoms with van der Waals surface area (Å²) in [6, 6.07) is 15.2. The number of alkyl carbamates (subject to hydrolysis) is 1. The Bertz CT molecular complexity index is 854. The molecule has 0 fully saturated rings. The summed E-state index contributed by atoms with van der Waals surface area (Å²) in [6.45, 7) is -0.0761. The van der Waals surface area contributed by atoms with Gasteiger partial charge in [0.05, 0.1) is 6.07 Å². The minimum absolute atomic E-state index is 0.0827. The summed E-state index contributed by atoms with van der Waals surface area (Å²) in [4.78, 5) is 24.4. The molecule has 28 heavy (non-hydrogen) atoms. The number of benzene rings is 2. The number of ether oxygens (including phenoxy) is 1. The monoisotopic (exact) mass is 419 g/mol. The molecule has 0 aliphatic carbocycles. The predicted octanol–water partition coefficient (Wildman–Crippen LogP) is 3.86. The second-order valence-electron chi connectivity index (χ2n) is 5.91. The third-order valence-electron chi connectivity index (χ3n) is 3.87. The van der Waals surface area contributed by atoms with Gasteiger partial charge in [-0.2, -0.15) is 5.26 Å². The zero-order valence-corrected chi connectivity index (χ0v) is 16.5. The molecular formula is C20H19Cl2N3O3. The Morgan fingerprint density at radius 1 is 1.14 bits per heavy atom. The minimum atomic E-state index is -0.883. The second-order valence-corrected chi connectivity index (χ2v) is 6.75. The Morgan fingerprint density at radius 2 is 1.89 bits per heavy atom. The number of carbonyl (C=O) groups is 2. The summed E-state index contributed by atoms with van der Waals surface area (Å²) in [6.07, 6.45) is -0.0565. The van der Waals surface area contributed by atoms with Crippen molar-refractivity contribution in [2.45, 2.75) is 25.5 Å². The molecule has 2 rings (SSSR count). The molecule has 1 atom stereocenters. The van der Waals surface area contributed by atoms with Crippen molar-refractivity contribution >= 4 is 35.2 Å². The summed E-state index contributed by atoms with van der Waals surface area (Å²) in [7, 11) is 0. The average molecular weight is 420 g/mol. The first-order chi connectivity index (χ1) is 13.5. The topological polar surface area (TPSA) is 91.2 Å². The molecule has 2 aromatic carbocycles. The Labute approximate surface area is 173 Å². The average Bonchev–Trinajstić information content (AvgIpc) is 2.70. The smallest absolute Gasteiger partial charge is 0.408 e. The first-order valence-corrected chi connectivity index (χ1v) is 9.31. The number of hydrogen-bond acceptors (Lipinski definition) is 4. The summed E-state index contributed by atoms with van der Waals surface area (Å²) < 4.78 is 5.17. The molecule has 0 saturated carbocycles. The lowest BCUT2D eigenvalue weighted by atomic mass is 10.0. The minimum Gasteiger partial charge on any atom is -0.445 e. The first-order valence-electron chi connectivity index (χ1n) is 8.55. The number of amides is 2. The highest BCUT2D eigenvalue weighted by molar-refractivity contribution is 6.33. The fraction of sp³-hybridized carbons (Fsp3) is 0.250. The standard InChI is InChI=1S/C20H19Cl2N3O3/c21-16-7-8-17(22)15(12-16)6-9-18(19(26)24-11-10-23)25-20(27)28-13-14-4-2-1-3-5-14/h1-5,7-8,12,18H,6,9,11,13H2,(H,24,26)(H,25,27)/t18-/m0/s1. The summed E-state index contributed by atoms with van der Waals surface area (Å²) >= 11 is 12.1. The van der Waals surface area contributed by atoms with Crippen LogP contribution in [-0.4, -0.2) is 24.6 Å². The van der Waals surface area contributed by atoms with E-state index in [1.165, 1.54) is 0 Å². The highest BCUT2D eigenvalue weighted by Crippen LogP contribution is 2.22. The summed E-state index contributed by atoms with van der Waals surface area (Å²) in [5, 5.41) is 14.7. The van der Waals surface area contributed by atoms with Crippen molar-refractivity contribution in [3.63, 3.8) is 0 Å². The SMILES string of the molecule is N#CCNC(=O)[C@H](CCc1cc(Cl)ccc1Cl)NC(=O)OCc1ccccc1. The molecular weight excluding hydrogens is 401 g/mol. The van der Waals surface area contributed by atoms with Crippen LogP contribution < -0.4 is 10.6 Å². The molecule has 0 bridgehead atoms. The Hall–Kier alpha value is -2.75. The van der Waals surface area contributed by atoms with Crippen LogP contribution in [0.3, 0.4) is 0 Å². The van der Waals surface area contributed by atoms with E-state index < -0.39 is 18.0 Å². The molecule has 0 unspecified atom stereocenters. The zero-order valence-electron chi connectivity index (χ0n) is 15.0. The third-order valence-corrected chi connectivity index (χ3v) is 4.48. The van der Waals surface area contributed by atoms with E-state index in [4.69, 9.17) is 33.2 Å². The van der Waals surface area contributed by atoms with Gasteiger partial charge >= 0.3 is 6.09 Å². The van der Waals surface area contributed by atoms with Gasteiger partial charge in [-0.25, -0.2) is 4.79 Å². The maximum absolute atomic E-state index is 12.3. The molecule has 0 aliphatic heterocycles. The van der Waals surface area contributed by atoms with Gasteiger partial charge in [0, 0.05) is 10.0 Å². The van der Waals surface area contributed by atoms with E-state index in [-0.39, 0.29) is 19.6 Å². The van der Waals surface area contributed by atoms with Crippen LogP contribution in [0.5, 0.6) is 0 Å². The van der Waals surface area contributed by atoms with Crippen LogP contribution in [0.15, 0.2) is 48.5 Å². The number of nitrogens with zero attached hydrogens (tertiary/aromatic N) is 1. The first kappa shape index (κ1) is 21.5. The third kappa shape index (κ3) is 7.10. The van der Waals surface area contributed by atoms with Gasteiger partial charge in [0.15, 0.2) is 0 Å². The van der Waals surface area contributed by atoms with E-state index in [1.54, 1.807) is 18.2 Å². The number of nitrogens with one attached hydrogen (secondary N) is 2. The van der Waals surface area contributed by atoms with Crippen LogP contribution in [0.1, 0.15) is 17.5 Å². The normalized spacial score (nSPS) is 11.2. The van der Waals surface area contributed by atoms with E-state index in [0.717, 1.165) is 11.1 Å². The van der Waals surface area contributed by atoms with E-state index in [1.807, 2.05) is 36.4 Å². The predicted molar refractivity (Wildman–Crippen MR) is 107 cm³/mol. The van der Waals surface area contributed by atoms with Crippen LogP contribution in [0, 0.1) is 11.3 Å². The number of rotatable bonds is 8.